The number of hydrogen-bond acceptors (Lipinski definition) is 17. The van der Waals surface area contributed by atoms with E-state index >= 15 is 0 Å². The topological polar surface area (TPSA) is 339 Å². The number of rotatable bonds is 34. The van der Waals surface area contributed by atoms with E-state index in [0.29, 0.717) is 51.6 Å². The van der Waals surface area contributed by atoms with Crippen molar-refractivity contribution < 1.29 is 53.3 Å². The molecule has 0 heterocycles. The second-order valence-electron chi connectivity index (χ2n) is 14.6. The molecule has 7 atom stereocenters. The number of esters is 3. The van der Waals surface area contributed by atoms with Crippen LogP contribution in [-0.2, 0) is 43.1 Å². The highest BCUT2D eigenvalue weighted by Gasteiger charge is 2.33. The summed E-state index contributed by atoms with van der Waals surface area (Å²) in [6.07, 6.45) is 17.6. The van der Waals surface area contributed by atoms with Gasteiger partial charge in [-0.1, -0.05) is 97.3 Å². The molecular formula is C39H77N7O11. The van der Waals surface area contributed by atoms with Crippen LogP contribution in [0.1, 0.15) is 149 Å². The summed E-state index contributed by atoms with van der Waals surface area (Å²) in [4.78, 5) is 77.9. The number of nitrogens with two attached hydrogens (primary N) is 6. The van der Waals surface area contributed by atoms with Crippen LogP contribution < -0.4 is 39.9 Å². The summed E-state index contributed by atoms with van der Waals surface area (Å²) < 4.78 is 10.1. The fraction of sp³-hybridized carbons (Fsp3) is 0.846. The quantitative estimate of drug-likeness (QED) is 0.0147. The molecule has 0 saturated heterocycles. The Labute approximate surface area is 339 Å². The summed E-state index contributed by atoms with van der Waals surface area (Å²) in [5, 5.41) is 15.9. The second kappa shape index (κ2) is 36.0. The van der Waals surface area contributed by atoms with Crippen LogP contribution in [-0.4, -0.2) is 102 Å². The molecule has 0 aliphatic heterocycles. The van der Waals surface area contributed by atoms with Gasteiger partial charge in [-0.15, -0.1) is 5.48 Å². The first-order valence-corrected chi connectivity index (χ1v) is 20.8. The first-order valence-electron chi connectivity index (χ1n) is 20.8. The highest BCUT2D eigenvalue weighted by atomic mass is 16.7. The number of aliphatic carboxylic acids is 1. The van der Waals surface area contributed by atoms with Crippen molar-refractivity contribution in [3.05, 3.63) is 0 Å². The largest absolute Gasteiger partial charge is 0.480 e. The molecule has 18 nitrogen and oxygen atoms in total. The van der Waals surface area contributed by atoms with Gasteiger partial charge in [0, 0.05) is 12.3 Å². The lowest BCUT2D eigenvalue weighted by Gasteiger charge is -2.22. The Bertz CT molecular complexity index is 1120. The van der Waals surface area contributed by atoms with Crippen LogP contribution in [0.25, 0.3) is 0 Å². The van der Waals surface area contributed by atoms with Gasteiger partial charge in [-0.2, -0.15) is 0 Å². The first kappa shape index (κ1) is 56.0. The Hall–Kier alpha value is -3.10. The molecule has 15 N–H and O–H groups in total. The molecule has 0 aromatic carbocycles. The Morgan fingerprint density at radius 3 is 1.54 bits per heavy atom. The van der Waals surface area contributed by atoms with Crippen molar-refractivity contribution in [1.82, 2.24) is 5.48 Å². The third-order valence-corrected chi connectivity index (χ3v) is 9.45. The lowest BCUT2D eigenvalue weighted by atomic mass is 9.94. The zero-order valence-electron chi connectivity index (χ0n) is 34.8. The third kappa shape index (κ3) is 28.9. The molecule has 0 unspecified atom stereocenters. The Morgan fingerprint density at radius 2 is 1.09 bits per heavy atom. The number of aliphatic hydroxyl groups is 1. The normalized spacial score (nSPS) is 14.8. The maximum atomic E-state index is 12.9. The van der Waals surface area contributed by atoms with E-state index in [1.165, 1.54) is 64.7 Å². The van der Waals surface area contributed by atoms with Gasteiger partial charge in [0.2, 0.25) is 0 Å². The van der Waals surface area contributed by atoms with E-state index in [0.717, 1.165) is 25.7 Å². The molecule has 0 bridgehead atoms. The molecule has 57 heavy (non-hydrogen) atoms. The molecule has 18 heteroatoms. The van der Waals surface area contributed by atoms with Gasteiger partial charge in [0.1, 0.15) is 42.1 Å². The maximum Gasteiger partial charge on any atom is 0.342 e. The van der Waals surface area contributed by atoms with Crippen molar-refractivity contribution in [2.75, 3.05) is 19.7 Å². The molecule has 0 radical (unpaired) electrons. The van der Waals surface area contributed by atoms with Crippen LogP contribution in [0.15, 0.2) is 0 Å². The van der Waals surface area contributed by atoms with Gasteiger partial charge in [0.15, 0.2) is 0 Å². The molecule has 0 rings (SSSR count). The number of carboxylic acid groups (broad SMARTS) is 1. The number of ether oxygens (including phenoxy) is 2. The molecule has 0 spiro atoms. The van der Waals surface area contributed by atoms with Crippen LogP contribution in [0.5, 0.6) is 0 Å². The molecule has 0 aliphatic carbocycles. The molecule has 334 valence electrons. The average Bonchev–Trinajstić information content (AvgIpc) is 3.19. The fourth-order valence-electron chi connectivity index (χ4n) is 5.34. The van der Waals surface area contributed by atoms with E-state index in [1.807, 2.05) is 0 Å². The fourth-order valence-corrected chi connectivity index (χ4v) is 5.34. The molecule has 0 aromatic heterocycles. The smallest absolute Gasteiger partial charge is 0.342 e. The minimum atomic E-state index is -1.48. The average molecular weight is 820 g/mol. The molecule has 0 aromatic rings. The van der Waals surface area contributed by atoms with Crippen molar-refractivity contribution in [2.45, 2.75) is 186 Å². The monoisotopic (exact) mass is 820 g/mol. The number of hydrogen-bond donors (Lipinski definition) is 9. The van der Waals surface area contributed by atoms with Crippen LogP contribution in [0, 0.1) is 5.92 Å². The third-order valence-electron chi connectivity index (χ3n) is 9.45. The zero-order valence-corrected chi connectivity index (χ0v) is 34.8. The van der Waals surface area contributed by atoms with Crippen LogP contribution in [0.3, 0.4) is 0 Å². The van der Waals surface area contributed by atoms with Gasteiger partial charge in [-0.25, -0.2) is 14.4 Å². The van der Waals surface area contributed by atoms with Gasteiger partial charge in [0.05, 0.1) is 6.61 Å². The molecule has 0 amide bonds. The number of unbranched alkanes of at least 4 members (excludes halogenated alkanes) is 14. The SMILES string of the molecule is CCCCCCCCCCCCCCCC(=O)[C@H](C)[C@H](N)C(=O)ON[C@@H](CCCCN)C(=O)OC(=O)[C@@H](N)[C@@H](C)OC(=O)[C@@H](N)CCCCN.N[C@@H](CO)C(=O)O. The Balaban J connectivity index is 0. The first-order chi connectivity index (χ1) is 27.1. The summed E-state index contributed by atoms with van der Waals surface area (Å²) in [5.41, 5.74) is 35.9. The Kier molecular flexibility index (Phi) is 35.4. The molecule has 0 fully saturated rings. The highest BCUT2D eigenvalue weighted by molar-refractivity contribution is 5.91. The van der Waals surface area contributed by atoms with Crippen molar-refractivity contribution >= 4 is 35.6 Å². The van der Waals surface area contributed by atoms with Crippen molar-refractivity contribution in [1.29, 1.82) is 0 Å². The number of carbonyl (C=O) groups is 6. The Morgan fingerprint density at radius 1 is 0.596 bits per heavy atom. The van der Waals surface area contributed by atoms with Crippen molar-refractivity contribution in [2.24, 2.45) is 40.3 Å². The number of hydroxylamine groups is 1. The number of ketones is 1. The van der Waals surface area contributed by atoms with Gasteiger partial charge in [0.25, 0.3) is 0 Å². The lowest BCUT2D eigenvalue weighted by Crippen LogP contribution is -2.49. The number of Topliss-reactive ketones (excluding diaryl/α,β-unsaturated/α-hetero) is 1. The number of nitrogens with one attached hydrogen (secondary N) is 1. The summed E-state index contributed by atoms with van der Waals surface area (Å²) in [6, 6.07) is -6.03. The maximum absolute atomic E-state index is 12.9. The van der Waals surface area contributed by atoms with Crippen LogP contribution in [0.2, 0.25) is 0 Å². The summed E-state index contributed by atoms with van der Waals surface area (Å²) in [5.74, 6) is -5.99. The standard InChI is InChI=1S/C36H70N6O8.C3H7NO3/c1-4-5-6-7-8-9-10-11-12-13-14-15-16-23-30(43)26(2)31(40)36(47)50-42-29(22-18-20-25-38)34(45)49-35(46)32(41)27(3)48-33(44)28(39)21-17-19-24-37;4-2(1-5)3(6)7/h26-29,31-32,42H,4-25,37-41H2,1-3H3;2,5H,1,4H2,(H,6,7)/t26-,27+,28-,29-,31-,32-;2-/m00/s1. The second-order valence-corrected chi connectivity index (χ2v) is 14.6. The zero-order chi connectivity index (χ0) is 43.6. The summed E-state index contributed by atoms with van der Waals surface area (Å²) in [6.45, 7) is 5.50. The number of carboxylic acids is 1. The molecular weight excluding hydrogens is 742 g/mol. The van der Waals surface area contributed by atoms with Crippen LogP contribution >= 0.6 is 0 Å². The number of carbonyl (C=O) groups excluding carboxylic acids is 5. The van der Waals surface area contributed by atoms with Crippen LogP contribution in [0.4, 0.5) is 0 Å². The number of aliphatic hydroxyl groups excluding tert-OH is 1. The predicted octanol–water partition coefficient (Wildman–Crippen LogP) is 1.72. The summed E-state index contributed by atoms with van der Waals surface area (Å²) in [7, 11) is 0. The lowest BCUT2D eigenvalue weighted by molar-refractivity contribution is -0.170. The summed E-state index contributed by atoms with van der Waals surface area (Å²) >= 11 is 0. The minimum absolute atomic E-state index is 0.108. The van der Waals surface area contributed by atoms with E-state index in [2.05, 4.69) is 12.4 Å². The van der Waals surface area contributed by atoms with Gasteiger partial charge >= 0.3 is 29.8 Å². The van der Waals surface area contributed by atoms with E-state index in [9.17, 15) is 28.8 Å². The predicted molar refractivity (Wildman–Crippen MR) is 217 cm³/mol. The van der Waals surface area contributed by atoms with Gasteiger partial charge in [-0.3, -0.25) is 14.4 Å². The minimum Gasteiger partial charge on any atom is -0.480 e. The van der Waals surface area contributed by atoms with E-state index in [4.69, 9.17) is 58.9 Å². The van der Waals surface area contributed by atoms with Gasteiger partial charge < -0.3 is 58.9 Å². The van der Waals surface area contributed by atoms with Crippen molar-refractivity contribution in [3.8, 4) is 0 Å². The van der Waals surface area contributed by atoms with E-state index in [-0.39, 0.29) is 12.2 Å². The van der Waals surface area contributed by atoms with Crippen molar-refractivity contribution in [3.63, 3.8) is 0 Å². The van der Waals surface area contributed by atoms with Gasteiger partial charge in [-0.05, 0) is 58.5 Å². The van der Waals surface area contributed by atoms with E-state index in [1.54, 1.807) is 6.92 Å². The highest BCUT2D eigenvalue weighted by Crippen LogP contribution is 2.15. The molecule has 0 aliphatic rings. The molecule has 0 saturated carbocycles. The van der Waals surface area contributed by atoms with E-state index < -0.39 is 78.7 Å².